The zero-order valence-electron chi connectivity index (χ0n) is 13.0. The molecule has 10 nitrogen and oxygen atoms in total. The fourth-order valence-electron chi connectivity index (χ4n) is 2.22. The number of aliphatic hydroxyl groups is 1. The first-order chi connectivity index (χ1) is 11.9. The Morgan fingerprint density at radius 2 is 1.84 bits per heavy atom. The zero-order valence-corrected chi connectivity index (χ0v) is 13.0. The molecule has 1 heterocycles. The number of benzene rings is 1. The average molecular weight is 349 g/mol. The highest BCUT2D eigenvalue weighted by Crippen LogP contribution is 2.22. The van der Waals surface area contributed by atoms with Crippen LogP contribution in [0.25, 0.3) is 0 Å². The standard InChI is InChI=1S/C15H15N3O7/c19-8-11(3-10-1-2-25-9-10)7-16-15(20)12-4-13(17(21)22)6-14(5-12)18(23)24/h1-2,4-6,9,11,19H,3,7-8H2,(H,16,20). The van der Waals surface area contributed by atoms with Crippen molar-refractivity contribution in [3.63, 3.8) is 0 Å². The molecule has 2 N–H and O–H groups in total. The Kier molecular flexibility index (Phi) is 5.79. The van der Waals surface area contributed by atoms with E-state index in [-0.39, 0.29) is 24.6 Å². The first-order valence-corrected chi connectivity index (χ1v) is 7.24. The second kappa shape index (κ2) is 8.02. The summed E-state index contributed by atoms with van der Waals surface area (Å²) in [6.45, 7) is -0.0997. The van der Waals surface area contributed by atoms with Crippen LogP contribution in [-0.2, 0) is 6.42 Å². The van der Waals surface area contributed by atoms with Crippen LogP contribution in [0.2, 0.25) is 0 Å². The van der Waals surface area contributed by atoms with Gasteiger partial charge in [-0.25, -0.2) is 0 Å². The van der Waals surface area contributed by atoms with E-state index in [0.29, 0.717) is 6.42 Å². The summed E-state index contributed by atoms with van der Waals surface area (Å²) in [5.41, 5.74) is -0.437. The molecule has 0 aliphatic carbocycles. The van der Waals surface area contributed by atoms with Crippen molar-refractivity contribution in [1.29, 1.82) is 0 Å². The fourth-order valence-corrected chi connectivity index (χ4v) is 2.22. The van der Waals surface area contributed by atoms with E-state index in [1.807, 2.05) is 0 Å². The van der Waals surface area contributed by atoms with Crippen molar-refractivity contribution in [2.75, 3.05) is 13.2 Å². The Morgan fingerprint density at radius 1 is 1.20 bits per heavy atom. The van der Waals surface area contributed by atoms with Crippen molar-refractivity contribution in [1.82, 2.24) is 5.32 Å². The van der Waals surface area contributed by atoms with Crippen LogP contribution >= 0.6 is 0 Å². The molecule has 0 spiro atoms. The Balaban J connectivity index is 2.08. The van der Waals surface area contributed by atoms with E-state index in [2.05, 4.69) is 5.32 Å². The quantitative estimate of drug-likeness (QED) is 0.544. The number of amides is 1. The molecule has 0 fully saturated rings. The number of nitrogens with one attached hydrogen (secondary N) is 1. The molecule has 1 amide bonds. The lowest BCUT2D eigenvalue weighted by molar-refractivity contribution is -0.394. The van der Waals surface area contributed by atoms with Crippen molar-refractivity contribution < 1.29 is 24.2 Å². The maximum atomic E-state index is 12.2. The fraction of sp³-hybridized carbons (Fsp3) is 0.267. The molecule has 0 saturated carbocycles. The van der Waals surface area contributed by atoms with Crippen LogP contribution < -0.4 is 5.32 Å². The van der Waals surface area contributed by atoms with Crippen molar-refractivity contribution in [3.05, 3.63) is 68.1 Å². The number of nitrogens with zero attached hydrogens (tertiary/aromatic N) is 2. The van der Waals surface area contributed by atoms with E-state index in [9.17, 15) is 30.1 Å². The van der Waals surface area contributed by atoms with E-state index in [0.717, 1.165) is 23.8 Å². The summed E-state index contributed by atoms with van der Waals surface area (Å²) in [4.78, 5) is 32.2. The molecule has 1 aromatic heterocycles. The smallest absolute Gasteiger partial charge is 0.277 e. The van der Waals surface area contributed by atoms with Gasteiger partial charge in [0, 0.05) is 31.2 Å². The topological polar surface area (TPSA) is 149 Å². The van der Waals surface area contributed by atoms with Gasteiger partial charge in [0.1, 0.15) is 0 Å². The number of carbonyl (C=O) groups is 1. The van der Waals surface area contributed by atoms with Crippen molar-refractivity contribution in [2.24, 2.45) is 5.92 Å². The lowest BCUT2D eigenvalue weighted by atomic mass is 10.0. The largest absolute Gasteiger partial charge is 0.472 e. The summed E-state index contributed by atoms with van der Waals surface area (Å²) < 4.78 is 4.93. The van der Waals surface area contributed by atoms with Gasteiger partial charge in [-0.2, -0.15) is 0 Å². The van der Waals surface area contributed by atoms with E-state index in [1.165, 1.54) is 12.5 Å². The van der Waals surface area contributed by atoms with Gasteiger partial charge >= 0.3 is 0 Å². The monoisotopic (exact) mass is 349 g/mol. The Morgan fingerprint density at radius 3 is 2.32 bits per heavy atom. The van der Waals surface area contributed by atoms with Gasteiger partial charge in [0.25, 0.3) is 17.3 Å². The molecule has 1 unspecified atom stereocenters. The number of carbonyl (C=O) groups excluding carboxylic acids is 1. The van der Waals surface area contributed by atoms with Gasteiger partial charge in [-0.1, -0.05) is 0 Å². The minimum atomic E-state index is -0.806. The summed E-state index contributed by atoms with van der Waals surface area (Å²) in [5, 5.41) is 33.6. The van der Waals surface area contributed by atoms with E-state index in [1.54, 1.807) is 6.07 Å². The van der Waals surface area contributed by atoms with E-state index >= 15 is 0 Å². The van der Waals surface area contributed by atoms with Gasteiger partial charge in [-0.15, -0.1) is 0 Å². The van der Waals surface area contributed by atoms with Crippen molar-refractivity contribution in [3.8, 4) is 0 Å². The van der Waals surface area contributed by atoms with Gasteiger partial charge in [-0.3, -0.25) is 25.0 Å². The molecule has 0 radical (unpaired) electrons. The summed E-state index contributed by atoms with van der Waals surface area (Å²) >= 11 is 0. The third-order valence-corrected chi connectivity index (χ3v) is 3.50. The molecule has 25 heavy (non-hydrogen) atoms. The number of hydrogen-bond acceptors (Lipinski definition) is 7. The first-order valence-electron chi connectivity index (χ1n) is 7.24. The summed E-state index contributed by atoms with van der Waals surface area (Å²) in [7, 11) is 0. The number of nitro benzene ring substituents is 2. The molecular weight excluding hydrogens is 334 g/mol. The van der Waals surface area contributed by atoms with Crippen LogP contribution in [0.1, 0.15) is 15.9 Å². The SMILES string of the molecule is O=C(NCC(CO)Cc1ccoc1)c1cc([N+](=O)[O-])cc([N+](=O)[O-])c1. The average Bonchev–Trinajstić information content (AvgIpc) is 3.10. The van der Waals surface area contributed by atoms with Gasteiger partial charge in [0.2, 0.25) is 0 Å². The minimum absolute atomic E-state index is 0.0942. The van der Waals surface area contributed by atoms with Crippen LogP contribution in [-0.4, -0.2) is 34.0 Å². The van der Waals surface area contributed by atoms with Crippen molar-refractivity contribution in [2.45, 2.75) is 6.42 Å². The second-order valence-corrected chi connectivity index (χ2v) is 5.35. The molecule has 2 aromatic rings. The molecule has 1 aromatic carbocycles. The highest BCUT2D eigenvalue weighted by atomic mass is 16.6. The molecule has 0 aliphatic heterocycles. The lowest BCUT2D eigenvalue weighted by Gasteiger charge is -2.14. The Bertz CT molecular complexity index is 741. The highest BCUT2D eigenvalue weighted by molar-refractivity contribution is 5.95. The predicted octanol–water partition coefficient (Wildman–Crippen LogP) is 1.68. The highest BCUT2D eigenvalue weighted by Gasteiger charge is 2.20. The summed E-state index contributed by atoms with van der Waals surface area (Å²) in [6, 6.07) is 4.44. The van der Waals surface area contributed by atoms with Crippen LogP contribution in [0.4, 0.5) is 11.4 Å². The van der Waals surface area contributed by atoms with Crippen LogP contribution in [0, 0.1) is 26.1 Å². The van der Waals surface area contributed by atoms with Gasteiger partial charge in [-0.05, 0) is 18.1 Å². The number of hydrogen-bond donors (Lipinski definition) is 2. The van der Waals surface area contributed by atoms with E-state index < -0.39 is 27.1 Å². The second-order valence-electron chi connectivity index (χ2n) is 5.35. The van der Waals surface area contributed by atoms with Crippen LogP contribution in [0.5, 0.6) is 0 Å². The maximum absolute atomic E-state index is 12.2. The third-order valence-electron chi connectivity index (χ3n) is 3.50. The normalized spacial score (nSPS) is 11.7. The van der Waals surface area contributed by atoms with Gasteiger partial charge in [0.05, 0.1) is 34.0 Å². The predicted molar refractivity (Wildman–Crippen MR) is 85.1 cm³/mol. The number of nitro groups is 2. The molecule has 0 aliphatic rings. The summed E-state index contributed by atoms with van der Waals surface area (Å²) in [6.07, 6.45) is 3.47. The number of aliphatic hydroxyl groups excluding tert-OH is 1. The Labute approximate surface area is 141 Å². The lowest BCUT2D eigenvalue weighted by Crippen LogP contribution is -2.31. The Hall–Kier alpha value is -3.27. The van der Waals surface area contributed by atoms with Crippen LogP contribution in [0.15, 0.2) is 41.2 Å². The van der Waals surface area contributed by atoms with E-state index in [4.69, 9.17) is 4.42 Å². The third kappa shape index (κ3) is 4.85. The van der Waals surface area contributed by atoms with Gasteiger partial charge < -0.3 is 14.8 Å². The molecule has 0 saturated heterocycles. The molecule has 2 rings (SSSR count). The summed E-state index contributed by atoms with van der Waals surface area (Å²) in [5.74, 6) is -0.993. The van der Waals surface area contributed by atoms with Crippen molar-refractivity contribution >= 4 is 17.3 Å². The molecular formula is C15H15N3O7. The minimum Gasteiger partial charge on any atom is -0.472 e. The van der Waals surface area contributed by atoms with Crippen LogP contribution in [0.3, 0.4) is 0 Å². The number of rotatable bonds is 8. The van der Waals surface area contributed by atoms with Gasteiger partial charge in [0.15, 0.2) is 0 Å². The number of furan rings is 1. The maximum Gasteiger partial charge on any atom is 0.277 e. The molecule has 1 atom stereocenters. The first kappa shape index (κ1) is 18.1. The molecule has 132 valence electrons. The molecule has 10 heteroatoms. The molecule has 0 bridgehead atoms. The number of non-ortho nitro benzene ring substituents is 2. The zero-order chi connectivity index (χ0) is 18.4.